The molecule has 1 aromatic rings. The van der Waals surface area contributed by atoms with Crippen molar-refractivity contribution >= 4 is 18.1 Å². The van der Waals surface area contributed by atoms with Crippen LogP contribution in [0.3, 0.4) is 0 Å². The highest BCUT2D eigenvalue weighted by molar-refractivity contribution is 5.85. The summed E-state index contributed by atoms with van der Waals surface area (Å²) in [5.41, 5.74) is 8.53. The summed E-state index contributed by atoms with van der Waals surface area (Å²) in [5.74, 6) is 0. The number of halogens is 1. The van der Waals surface area contributed by atoms with Gasteiger partial charge in [0.1, 0.15) is 0 Å². The molecular weight excluding hydrogens is 248 g/mol. The molecule has 3 N–H and O–H groups in total. The third-order valence-corrected chi connectivity index (χ3v) is 3.47. The minimum atomic E-state index is 0. The number of hydrogen-bond acceptors (Lipinski definition) is 3. The second kappa shape index (κ2) is 7.62. The molecule has 0 amide bonds. The van der Waals surface area contributed by atoms with Crippen LogP contribution in [0.4, 0.5) is 5.69 Å². The lowest BCUT2D eigenvalue weighted by Crippen LogP contribution is -2.17. The topological polar surface area (TPSA) is 49.5 Å². The van der Waals surface area contributed by atoms with Crippen molar-refractivity contribution in [2.45, 2.75) is 31.7 Å². The van der Waals surface area contributed by atoms with Crippen LogP contribution in [0.2, 0.25) is 0 Å². The van der Waals surface area contributed by atoms with Crippen LogP contribution in [-0.2, 0) is 0 Å². The second-order valence-electron chi connectivity index (χ2n) is 4.76. The van der Waals surface area contributed by atoms with Crippen LogP contribution in [0.25, 0.3) is 0 Å². The number of aliphatic hydroxyl groups is 1. The molecule has 0 radical (unpaired) electrons. The summed E-state index contributed by atoms with van der Waals surface area (Å²) in [6.07, 6.45) is 4.23. The van der Waals surface area contributed by atoms with Crippen molar-refractivity contribution in [1.29, 1.82) is 0 Å². The highest BCUT2D eigenvalue weighted by atomic mass is 35.5. The van der Waals surface area contributed by atoms with E-state index in [4.69, 9.17) is 10.8 Å². The molecule has 102 valence electrons. The SMILES string of the molecule is Cl.N[C@H](CCCO)c1ccc(N2CCCC2)cc1. The fourth-order valence-electron chi connectivity index (χ4n) is 2.39. The molecule has 0 bridgehead atoms. The van der Waals surface area contributed by atoms with Gasteiger partial charge in [0.25, 0.3) is 0 Å². The summed E-state index contributed by atoms with van der Waals surface area (Å²) in [4.78, 5) is 2.42. The summed E-state index contributed by atoms with van der Waals surface area (Å²) >= 11 is 0. The third kappa shape index (κ3) is 3.87. The molecular formula is C14H23ClN2O. The molecule has 1 saturated heterocycles. The van der Waals surface area contributed by atoms with E-state index in [1.807, 2.05) is 0 Å². The van der Waals surface area contributed by atoms with Gasteiger partial charge in [-0.2, -0.15) is 0 Å². The molecule has 0 aliphatic carbocycles. The average Bonchev–Trinajstić information content (AvgIpc) is 2.90. The molecule has 1 fully saturated rings. The van der Waals surface area contributed by atoms with E-state index in [0.29, 0.717) is 0 Å². The van der Waals surface area contributed by atoms with Crippen LogP contribution in [-0.4, -0.2) is 24.8 Å². The Labute approximate surface area is 115 Å². The Kier molecular flexibility index (Phi) is 6.47. The molecule has 1 aromatic carbocycles. The number of anilines is 1. The van der Waals surface area contributed by atoms with Crippen molar-refractivity contribution < 1.29 is 5.11 Å². The maximum atomic E-state index is 8.79. The molecule has 0 spiro atoms. The van der Waals surface area contributed by atoms with E-state index in [0.717, 1.165) is 12.8 Å². The maximum absolute atomic E-state index is 8.79. The molecule has 0 saturated carbocycles. The zero-order valence-corrected chi connectivity index (χ0v) is 11.5. The van der Waals surface area contributed by atoms with Crippen molar-refractivity contribution in [3.63, 3.8) is 0 Å². The van der Waals surface area contributed by atoms with Crippen LogP contribution in [0.5, 0.6) is 0 Å². The highest BCUT2D eigenvalue weighted by Gasteiger charge is 2.12. The van der Waals surface area contributed by atoms with E-state index < -0.39 is 0 Å². The number of nitrogens with two attached hydrogens (primary N) is 1. The Morgan fingerprint density at radius 1 is 1.17 bits per heavy atom. The first kappa shape index (κ1) is 15.3. The van der Waals surface area contributed by atoms with Gasteiger partial charge in [0.05, 0.1) is 0 Å². The van der Waals surface area contributed by atoms with Gasteiger partial charge in [-0.25, -0.2) is 0 Å². The first-order chi connectivity index (χ1) is 8.31. The van der Waals surface area contributed by atoms with Crippen LogP contribution in [0, 0.1) is 0 Å². The maximum Gasteiger partial charge on any atom is 0.0431 e. The van der Waals surface area contributed by atoms with Gasteiger partial charge in [-0.1, -0.05) is 12.1 Å². The van der Waals surface area contributed by atoms with E-state index in [1.165, 1.54) is 37.2 Å². The minimum Gasteiger partial charge on any atom is -0.396 e. The number of benzene rings is 1. The quantitative estimate of drug-likeness (QED) is 0.864. The molecule has 1 aliphatic rings. The molecule has 1 atom stereocenters. The minimum absolute atomic E-state index is 0. The monoisotopic (exact) mass is 270 g/mol. The molecule has 1 heterocycles. The van der Waals surface area contributed by atoms with Gasteiger partial charge >= 0.3 is 0 Å². The molecule has 0 unspecified atom stereocenters. The molecule has 0 aromatic heterocycles. The standard InChI is InChI=1S/C14H22N2O.ClH/c15-14(4-3-11-17)12-5-7-13(8-6-12)16-9-1-2-10-16;/h5-8,14,17H,1-4,9-11,15H2;1H/t14-;/m1./s1. The molecule has 1 aliphatic heterocycles. The fraction of sp³-hybridized carbons (Fsp3) is 0.571. The van der Waals surface area contributed by atoms with Crippen LogP contribution in [0.1, 0.15) is 37.3 Å². The van der Waals surface area contributed by atoms with Crippen molar-refractivity contribution in [3.05, 3.63) is 29.8 Å². The largest absolute Gasteiger partial charge is 0.396 e. The van der Waals surface area contributed by atoms with Gasteiger partial charge in [-0.3, -0.25) is 0 Å². The van der Waals surface area contributed by atoms with E-state index in [2.05, 4.69) is 29.2 Å². The van der Waals surface area contributed by atoms with Gasteiger partial charge < -0.3 is 15.7 Å². The molecule has 2 rings (SSSR count). The van der Waals surface area contributed by atoms with Crippen LogP contribution >= 0.6 is 12.4 Å². The summed E-state index contributed by atoms with van der Waals surface area (Å²) in [7, 11) is 0. The third-order valence-electron chi connectivity index (χ3n) is 3.47. The van der Waals surface area contributed by atoms with E-state index in [1.54, 1.807) is 0 Å². The Balaban J connectivity index is 0.00000162. The first-order valence-electron chi connectivity index (χ1n) is 6.52. The summed E-state index contributed by atoms with van der Waals surface area (Å²) < 4.78 is 0. The zero-order valence-electron chi connectivity index (χ0n) is 10.7. The number of hydrogen-bond donors (Lipinski definition) is 2. The Morgan fingerprint density at radius 3 is 2.33 bits per heavy atom. The normalized spacial score (nSPS) is 16.4. The number of nitrogens with zero attached hydrogens (tertiary/aromatic N) is 1. The van der Waals surface area contributed by atoms with Crippen molar-refractivity contribution in [2.24, 2.45) is 5.73 Å². The predicted octanol–water partition coefficient (Wildman–Crippen LogP) is 2.48. The fourth-order valence-corrected chi connectivity index (χ4v) is 2.39. The van der Waals surface area contributed by atoms with Crippen molar-refractivity contribution in [3.8, 4) is 0 Å². The number of aliphatic hydroxyl groups excluding tert-OH is 1. The average molecular weight is 271 g/mol. The van der Waals surface area contributed by atoms with E-state index in [9.17, 15) is 0 Å². The predicted molar refractivity (Wildman–Crippen MR) is 78.4 cm³/mol. The molecule has 3 nitrogen and oxygen atoms in total. The Bertz CT molecular complexity index is 336. The van der Waals surface area contributed by atoms with E-state index >= 15 is 0 Å². The van der Waals surface area contributed by atoms with Crippen molar-refractivity contribution in [1.82, 2.24) is 0 Å². The van der Waals surface area contributed by atoms with Gasteiger partial charge in [-0.15, -0.1) is 12.4 Å². The smallest absolute Gasteiger partial charge is 0.0431 e. The zero-order chi connectivity index (χ0) is 12.1. The number of rotatable bonds is 5. The second-order valence-corrected chi connectivity index (χ2v) is 4.76. The lowest BCUT2D eigenvalue weighted by atomic mass is 10.0. The first-order valence-corrected chi connectivity index (χ1v) is 6.52. The van der Waals surface area contributed by atoms with Crippen LogP contribution in [0.15, 0.2) is 24.3 Å². The molecule has 4 heteroatoms. The van der Waals surface area contributed by atoms with Gasteiger partial charge in [0, 0.05) is 31.4 Å². The van der Waals surface area contributed by atoms with Crippen LogP contribution < -0.4 is 10.6 Å². The molecule has 18 heavy (non-hydrogen) atoms. The van der Waals surface area contributed by atoms with Crippen molar-refractivity contribution in [2.75, 3.05) is 24.6 Å². The lowest BCUT2D eigenvalue weighted by Gasteiger charge is -2.19. The highest BCUT2D eigenvalue weighted by Crippen LogP contribution is 2.23. The lowest BCUT2D eigenvalue weighted by molar-refractivity contribution is 0.280. The van der Waals surface area contributed by atoms with Gasteiger partial charge in [-0.05, 0) is 43.4 Å². The Morgan fingerprint density at radius 2 is 1.78 bits per heavy atom. The summed E-state index contributed by atoms with van der Waals surface area (Å²) in [6.45, 7) is 2.57. The van der Waals surface area contributed by atoms with Gasteiger partial charge in [0.15, 0.2) is 0 Å². The van der Waals surface area contributed by atoms with E-state index in [-0.39, 0.29) is 25.1 Å². The van der Waals surface area contributed by atoms with Gasteiger partial charge in [0.2, 0.25) is 0 Å². The summed E-state index contributed by atoms with van der Waals surface area (Å²) in [6, 6.07) is 8.62. The summed E-state index contributed by atoms with van der Waals surface area (Å²) in [5, 5.41) is 8.79. The Hall–Kier alpha value is -0.770.